The number of methoxy groups -OCH3 is 1. The Bertz CT molecular complexity index is 364. The van der Waals surface area contributed by atoms with Crippen LogP contribution in [0.1, 0.15) is 20.3 Å². The number of amides is 1. The Morgan fingerprint density at radius 3 is 2.82 bits per heavy atom. The Morgan fingerprint density at radius 1 is 1.41 bits per heavy atom. The Hall–Kier alpha value is -1.71. The smallest absolute Gasteiger partial charge is 0.221 e. The van der Waals surface area contributed by atoms with E-state index in [2.05, 4.69) is 10.6 Å². The average molecular weight is 236 g/mol. The molecule has 0 unspecified atom stereocenters. The maximum atomic E-state index is 11.4. The molecule has 0 heterocycles. The number of carbonyl (C=O) groups is 1. The first kappa shape index (κ1) is 13.4. The van der Waals surface area contributed by atoms with Crippen molar-refractivity contribution < 1.29 is 9.53 Å². The second kappa shape index (κ2) is 6.78. The van der Waals surface area contributed by atoms with Crippen molar-refractivity contribution in [2.45, 2.75) is 26.3 Å². The number of ether oxygens (including phenoxy) is 1. The standard InChI is InChI=1S/C13H20N2O2/c1-10(2)15-13(16)7-8-14-11-5-4-6-12(9-11)17-3/h4-6,9-10,14H,7-8H2,1-3H3,(H,15,16). The number of carbonyl (C=O) groups excluding carboxylic acids is 1. The van der Waals surface area contributed by atoms with Crippen molar-refractivity contribution in [3.8, 4) is 5.75 Å². The van der Waals surface area contributed by atoms with E-state index in [4.69, 9.17) is 4.74 Å². The molecule has 4 heteroatoms. The molecule has 0 atom stereocenters. The summed E-state index contributed by atoms with van der Waals surface area (Å²) < 4.78 is 5.12. The molecule has 1 amide bonds. The molecule has 2 N–H and O–H groups in total. The zero-order valence-electron chi connectivity index (χ0n) is 10.6. The quantitative estimate of drug-likeness (QED) is 0.794. The summed E-state index contributed by atoms with van der Waals surface area (Å²) in [5.74, 6) is 0.872. The molecule has 0 aromatic heterocycles. The van der Waals surface area contributed by atoms with Gasteiger partial charge in [-0.15, -0.1) is 0 Å². The lowest BCUT2D eigenvalue weighted by atomic mass is 10.3. The highest BCUT2D eigenvalue weighted by molar-refractivity contribution is 5.76. The van der Waals surface area contributed by atoms with Crippen molar-refractivity contribution in [1.82, 2.24) is 5.32 Å². The summed E-state index contributed by atoms with van der Waals surface area (Å²) in [6.07, 6.45) is 0.468. The molecule has 0 bridgehead atoms. The van der Waals surface area contributed by atoms with Crippen LogP contribution in [0.15, 0.2) is 24.3 Å². The van der Waals surface area contributed by atoms with Gasteiger partial charge in [0, 0.05) is 30.8 Å². The summed E-state index contributed by atoms with van der Waals surface area (Å²) in [6, 6.07) is 7.84. The predicted octanol–water partition coefficient (Wildman–Crippen LogP) is 2.02. The minimum atomic E-state index is 0.0652. The Labute approximate surface area is 102 Å². The highest BCUT2D eigenvalue weighted by Gasteiger charge is 2.02. The summed E-state index contributed by atoms with van der Waals surface area (Å²) >= 11 is 0. The van der Waals surface area contributed by atoms with Crippen LogP contribution in [0.3, 0.4) is 0 Å². The molecule has 0 aliphatic rings. The van der Waals surface area contributed by atoms with Crippen LogP contribution in [0, 0.1) is 0 Å². The molecule has 0 fully saturated rings. The third-order valence-electron chi connectivity index (χ3n) is 2.20. The Morgan fingerprint density at radius 2 is 2.18 bits per heavy atom. The number of nitrogens with one attached hydrogen (secondary N) is 2. The number of hydrogen-bond acceptors (Lipinski definition) is 3. The molecule has 0 aliphatic heterocycles. The van der Waals surface area contributed by atoms with Crippen molar-refractivity contribution >= 4 is 11.6 Å². The maximum absolute atomic E-state index is 11.4. The van der Waals surface area contributed by atoms with E-state index in [-0.39, 0.29) is 11.9 Å². The first-order valence-corrected chi connectivity index (χ1v) is 5.79. The van der Waals surface area contributed by atoms with Gasteiger partial charge in [0.05, 0.1) is 7.11 Å². The summed E-state index contributed by atoms with van der Waals surface area (Å²) in [5.41, 5.74) is 0.960. The van der Waals surface area contributed by atoms with Gasteiger partial charge < -0.3 is 15.4 Å². The lowest BCUT2D eigenvalue weighted by Crippen LogP contribution is -2.31. The van der Waals surface area contributed by atoms with Gasteiger partial charge in [0.2, 0.25) is 5.91 Å². The van der Waals surface area contributed by atoms with Crippen molar-refractivity contribution in [3.63, 3.8) is 0 Å². The Kier molecular flexibility index (Phi) is 5.33. The van der Waals surface area contributed by atoms with E-state index in [1.807, 2.05) is 38.1 Å². The van der Waals surface area contributed by atoms with Crippen LogP contribution in [-0.2, 0) is 4.79 Å². The van der Waals surface area contributed by atoms with Crippen LogP contribution in [-0.4, -0.2) is 25.6 Å². The van der Waals surface area contributed by atoms with E-state index in [1.165, 1.54) is 0 Å². The highest BCUT2D eigenvalue weighted by Crippen LogP contribution is 2.16. The molecule has 0 aliphatic carbocycles. The highest BCUT2D eigenvalue weighted by atomic mass is 16.5. The second-order valence-corrected chi connectivity index (χ2v) is 4.13. The number of anilines is 1. The molecule has 0 saturated carbocycles. The van der Waals surface area contributed by atoms with Gasteiger partial charge in [-0.1, -0.05) is 6.07 Å². The molecule has 17 heavy (non-hydrogen) atoms. The van der Waals surface area contributed by atoms with Gasteiger partial charge in [0.1, 0.15) is 5.75 Å². The molecular formula is C13H20N2O2. The molecule has 1 rings (SSSR count). The largest absolute Gasteiger partial charge is 0.497 e. The first-order chi connectivity index (χ1) is 8.11. The van der Waals surface area contributed by atoms with Gasteiger partial charge in [0.25, 0.3) is 0 Å². The molecule has 0 spiro atoms. The number of benzene rings is 1. The van der Waals surface area contributed by atoms with Crippen LogP contribution in [0.4, 0.5) is 5.69 Å². The first-order valence-electron chi connectivity index (χ1n) is 5.79. The SMILES string of the molecule is COc1cccc(NCCC(=O)NC(C)C)c1. The van der Waals surface area contributed by atoms with Crippen molar-refractivity contribution in [1.29, 1.82) is 0 Å². The van der Waals surface area contributed by atoms with Crippen molar-refractivity contribution in [2.24, 2.45) is 0 Å². The third-order valence-corrected chi connectivity index (χ3v) is 2.20. The maximum Gasteiger partial charge on any atom is 0.221 e. The van der Waals surface area contributed by atoms with E-state index in [1.54, 1.807) is 7.11 Å². The van der Waals surface area contributed by atoms with Crippen molar-refractivity contribution in [2.75, 3.05) is 19.0 Å². The number of rotatable bonds is 6. The fourth-order valence-corrected chi connectivity index (χ4v) is 1.45. The lowest BCUT2D eigenvalue weighted by molar-refractivity contribution is -0.121. The summed E-state index contributed by atoms with van der Waals surface area (Å²) in [5, 5.41) is 6.03. The van der Waals surface area contributed by atoms with Crippen molar-refractivity contribution in [3.05, 3.63) is 24.3 Å². The third kappa shape index (κ3) is 5.24. The van der Waals surface area contributed by atoms with E-state index >= 15 is 0 Å². The van der Waals surface area contributed by atoms with Gasteiger partial charge >= 0.3 is 0 Å². The van der Waals surface area contributed by atoms with Gasteiger partial charge in [0.15, 0.2) is 0 Å². The zero-order valence-corrected chi connectivity index (χ0v) is 10.6. The zero-order chi connectivity index (χ0) is 12.7. The molecule has 94 valence electrons. The van der Waals surface area contributed by atoms with E-state index in [0.717, 1.165) is 11.4 Å². The van der Waals surface area contributed by atoms with Crippen LogP contribution in [0.25, 0.3) is 0 Å². The van der Waals surface area contributed by atoms with Crippen LogP contribution in [0.5, 0.6) is 5.75 Å². The number of hydrogen-bond donors (Lipinski definition) is 2. The average Bonchev–Trinajstić information content (AvgIpc) is 2.28. The fourth-order valence-electron chi connectivity index (χ4n) is 1.45. The van der Waals surface area contributed by atoms with Gasteiger partial charge in [-0.3, -0.25) is 4.79 Å². The molecule has 4 nitrogen and oxygen atoms in total. The monoisotopic (exact) mass is 236 g/mol. The van der Waals surface area contributed by atoms with Gasteiger partial charge in [-0.2, -0.15) is 0 Å². The minimum Gasteiger partial charge on any atom is -0.497 e. The van der Waals surface area contributed by atoms with Crippen LogP contribution >= 0.6 is 0 Å². The summed E-state index contributed by atoms with van der Waals surface area (Å²) in [7, 11) is 1.63. The molecule has 0 saturated heterocycles. The summed E-state index contributed by atoms with van der Waals surface area (Å²) in [6.45, 7) is 4.52. The minimum absolute atomic E-state index is 0.0652. The van der Waals surface area contributed by atoms with Crippen LogP contribution in [0.2, 0.25) is 0 Å². The van der Waals surface area contributed by atoms with E-state index in [0.29, 0.717) is 13.0 Å². The predicted molar refractivity (Wildman–Crippen MR) is 69.4 cm³/mol. The molecule has 0 radical (unpaired) electrons. The van der Waals surface area contributed by atoms with E-state index in [9.17, 15) is 4.79 Å². The van der Waals surface area contributed by atoms with Crippen LogP contribution < -0.4 is 15.4 Å². The molecule has 1 aromatic rings. The lowest BCUT2D eigenvalue weighted by Gasteiger charge is -2.10. The van der Waals surface area contributed by atoms with Gasteiger partial charge in [-0.05, 0) is 26.0 Å². The van der Waals surface area contributed by atoms with Gasteiger partial charge in [-0.25, -0.2) is 0 Å². The van der Waals surface area contributed by atoms with E-state index < -0.39 is 0 Å². The second-order valence-electron chi connectivity index (χ2n) is 4.13. The summed E-state index contributed by atoms with van der Waals surface area (Å²) in [4.78, 5) is 11.4. The molecule has 1 aromatic carbocycles. The Balaban J connectivity index is 2.32. The fraction of sp³-hybridized carbons (Fsp3) is 0.462. The molecular weight excluding hydrogens is 216 g/mol. The normalized spacial score (nSPS) is 10.1. The topological polar surface area (TPSA) is 50.4 Å².